The number of nitrogens with one attached hydrogen (secondary N) is 1. The molecule has 0 radical (unpaired) electrons. The zero-order chi connectivity index (χ0) is 24.2. The van der Waals surface area contributed by atoms with Crippen LogP contribution in [0, 0.1) is 5.82 Å². The molecule has 2 aromatic heterocycles. The van der Waals surface area contributed by atoms with E-state index in [9.17, 15) is 18.8 Å². The molecule has 3 N–H and O–H groups in total. The topological polar surface area (TPSA) is 114 Å². The second-order valence-electron chi connectivity index (χ2n) is 7.48. The first-order valence-corrected chi connectivity index (χ1v) is 10.3. The minimum atomic E-state index is -0.782. The Kier molecular flexibility index (Phi) is 6.26. The van der Waals surface area contributed by atoms with Gasteiger partial charge < -0.3 is 15.1 Å². The summed E-state index contributed by atoms with van der Waals surface area (Å²) in [6, 6.07) is 18.4. The predicted molar refractivity (Wildman–Crippen MR) is 128 cm³/mol. The summed E-state index contributed by atoms with van der Waals surface area (Å²) in [6.07, 6.45) is 2.59. The van der Waals surface area contributed by atoms with Crippen molar-refractivity contribution in [3.8, 4) is 11.3 Å². The molecule has 0 atom stereocenters. The minimum Gasteiger partial charge on any atom is -0.457 e. The lowest BCUT2D eigenvalue weighted by Gasteiger charge is -2.19. The monoisotopic (exact) mass is 460 g/mol. The lowest BCUT2D eigenvalue weighted by molar-refractivity contribution is -0.113. The Morgan fingerprint density at radius 1 is 1.09 bits per heavy atom. The Bertz CT molecular complexity index is 1480. The normalized spacial score (nSPS) is 11.1. The lowest BCUT2D eigenvalue weighted by Crippen LogP contribution is -2.39. The van der Waals surface area contributed by atoms with Crippen molar-refractivity contribution in [2.75, 3.05) is 17.7 Å². The maximum Gasteiger partial charge on any atom is 0.330 e. The number of aromatic nitrogens is 2. The van der Waals surface area contributed by atoms with Crippen molar-refractivity contribution >= 4 is 23.5 Å². The summed E-state index contributed by atoms with van der Waals surface area (Å²) in [5.41, 5.74) is 5.61. The van der Waals surface area contributed by atoms with Crippen LogP contribution in [0.15, 0.2) is 86.8 Å². The maximum absolute atomic E-state index is 14.0. The third-order valence-corrected chi connectivity index (χ3v) is 5.22. The fourth-order valence-corrected chi connectivity index (χ4v) is 3.45. The number of likely N-dealkylation sites (N-methyl/N-ethyl adjacent to an activating group) is 1. The Balaban J connectivity index is 1.58. The van der Waals surface area contributed by atoms with Crippen molar-refractivity contribution in [1.29, 1.82) is 0 Å². The average molecular weight is 460 g/mol. The van der Waals surface area contributed by atoms with E-state index in [1.807, 2.05) is 30.3 Å². The van der Waals surface area contributed by atoms with Crippen LogP contribution in [0.5, 0.6) is 0 Å². The van der Waals surface area contributed by atoms with E-state index in [2.05, 4.69) is 4.98 Å². The molecule has 2 heterocycles. The number of halogens is 1. The quantitative estimate of drug-likeness (QED) is 0.429. The Hall–Kier alpha value is -4.66. The number of nitrogen functional groups attached to an aromatic ring is 1. The summed E-state index contributed by atoms with van der Waals surface area (Å²) in [4.78, 5) is 40.8. The number of amides is 1. The molecule has 0 bridgehead atoms. The Morgan fingerprint density at radius 2 is 1.79 bits per heavy atom. The fourth-order valence-electron chi connectivity index (χ4n) is 3.45. The molecule has 34 heavy (non-hydrogen) atoms. The molecular weight excluding hydrogens is 439 g/mol. The molecule has 4 aromatic rings. The summed E-state index contributed by atoms with van der Waals surface area (Å²) in [5.74, 6) is -0.515. The maximum atomic E-state index is 14.0. The number of H-pyrrole nitrogens is 1. The van der Waals surface area contributed by atoms with Gasteiger partial charge in [0, 0.05) is 13.1 Å². The smallest absolute Gasteiger partial charge is 0.330 e. The zero-order valence-electron chi connectivity index (χ0n) is 18.2. The molecule has 0 unspecified atom stereocenters. The van der Waals surface area contributed by atoms with Gasteiger partial charge in [-0.2, -0.15) is 0 Å². The molecule has 4 rings (SSSR count). The van der Waals surface area contributed by atoms with Gasteiger partial charge in [0.15, 0.2) is 5.69 Å². The first kappa shape index (κ1) is 22.5. The van der Waals surface area contributed by atoms with Crippen molar-refractivity contribution in [3.05, 3.63) is 111 Å². The Labute approximate surface area is 193 Å². The first-order chi connectivity index (χ1) is 16.3. The highest BCUT2D eigenvalue weighted by Crippen LogP contribution is 2.25. The molecule has 0 saturated carbocycles. The van der Waals surface area contributed by atoms with Crippen molar-refractivity contribution in [2.45, 2.75) is 6.54 Å². The Morgan fingerprint density at radius 3 is 2.53 bits per heavy atom. The zero-order valence-corrected chi connectivity index (χ0v) is 18.2. The number of furan rings is 1. The standard InChI is InChI=1S/C25H21FN4O4/c1-29(21(31)14-12-17-11-13-20(34-17)18-9-5-6-10-19(18)26)22-23(27)30(25(33)28-24(22)32)15-16-7-3-2-4-8-16/h2-14H,15,27H2,1H3,(H,28,32,33)/b14-12+. The third kappa shape index (κ3) is 4.58. The number of rotatable bonds is 6. The van der Waals surface area contributed by atoms with Gasteiger partial charge in [-0.1, -0.05) is 42.5 Å². The van der Waals surface area contributed by atoms with Gasteiger partial charge in [0.25, 0.3) is 11.5 Å². The van der Waals surface area contributed by atoms with Crippen molar-refractivity contribution in [1.82, 2.24) is 9.55 Å². The molecule has 9 heteroatoms. The second kappa shape index (κ2) is 9.45. The molecule has 2 aromatic carbocycles. The van der Waals surface area contributed by atoms with E-state index in [0.717, 1.165) is 10.5 Å². The van der Waals surface area contributed by atoms with Gasteiger partial charge in [-0.15, -0.1) is 0 Å². The number of carbonyl (C=O) groups is 1. The van der Waals surface area contributed by atoms with E-state index >= 15 is 0 Å². The molecule has 0 aliphatic rings. The molecular formula is C25H21FN4O4. The van der Waals surface area contributed by atoms with Gasteiger partial charge in [0.2, 0.25) is 0 Å². The van der Waals surface area contributed by atoms with Crippen molar-refractivity contribution < 1.29 is 13.6 Å². The summed E-state index contributed by atoms with van der Waals surface area (Å²) in [7, 11) is 1.37. The number of hydrogen-bond acceptors (Lipinski definition) is 5. The molecule has 0 fully saturated rings. The van der Waals surface area contributed by atoms with E-state index < -0.39 is 23.0 Å². The minimum absolute atomic E-state index is 0.123. The molecule has 0 saturated heterocycles. The van der Waals surface area contributed by atoms with Crippen LogP contribution in [0.2, 0.25) is 0 Å². The van der Waals surface area contributed by atoms with E-state index in [1.165, 1.54) is 29.8 Å². The summed E-state index contributed by atoms with van der Waals surface area (Å²) in [5, 5.41) is 0. The number of nitrogens with two attached hydrogens (primary N) is 1. The van der Waals surface area contributed by atoms with E-state index in [0.29, 0.717) is 17.1 Å². The van der Waals surface area contributed by atoms with E-state index in [4.69, 9.17) is 10.2 Å². The van der Waals surface area contributed by atoms with Gasteiger partial charge in [0.05, 0.1) is 12.1 Å². The van der Waals surface area contributed by atoms with Gasteiger partial charge in [-0.05, 0) is 35.9 Å². The predicted octanol–water partition coefficient (Wildman–Crippen LogP) is 3.24. The summed E-state index contributed by atoms with van der Waals surface area (Å²) >= 11 is 0. The fraction of sp³-hybridized carbons (Fsp3) is 0.0800. The van der Waals surface area contributed by atoms with Crippen LogP contribution in [-0.2, 0) is 11.3 Å². The van der Waals surface area contributed by atoms with Crippen LogP contribution in [0.4, 0.5) is 15.9 Å². The van der Waals surface area contributed by atoms with Crippen LogP contribution in [-0.4, -0.2) is 22.5 Å². The summed E-state index contributed by atoms with van der Waals surface area (Å²) in [6.45, 7) is 0.123. The SMILES string of the molecule is CN(C(=O)/C=C/c1ccc(-c2ccccc2F)o1)c1c(N)n(Cc2ccccc2)c(=O)[nH]c1=O. The van der Waals surface area contributed by atoms with Gasteiger partial charge in [0.1, 0.15) is 23.2 Å². The van der Waals surface area contributed by atoms with Gasteiger partial charge >= 0.3 is 5.69 Å². The van der Waals surface area contributed by atoms with Crippen LogP contribution in [0.25, 0.3) is 17.4 Å². The van der Waals surface area contributed by atoms with E-state index in [-0.39, 0.29) is 18.1 Å². The molecule has 172 valence electrons. The number of benzene rings is 2. The molecule has 0 aliphatic heterocycles. The van der Waals surface area contributed by atoms with E-state index in [1.54, 1.807) is 30.3 Å². The number of carbonyl (C=O) groups excluding carboxylic acids is 1. The number of anilines is 2. The van der Waals surface area contributed by atoms with Crippen LogP contribution < -0.4 is 21.9 Å². The average Bonchev–Trinajstić information content (AvgIpc) is 3.29. The molecule has 1 amide bonds. The lowest BCUT2D eigenvalue weighted by atomic mass is 10.1. The largest absolute Gasteiger partial charge is 0.457 e. The first-order valence-electron chi connectivity index (χ1n) is 10.3. The highest BCUT2D eigenvalue weighted by molar-refractivity contribution is 6.04. The van der Waals surface area contributed by atoms with Crippen LogP contribution in [0.1, 0.15) is 11.3 Å². The van der Waals surface area contributed by atoms with Gasteiger partial charge in [-0.3, -0.25) is 19.1 Å². The number of aromatic amines is 1. The highest BCUT2D eigenvalue weighted by atomic mass is 19.1. The number of hydrogen-bond donors (Lipinski definition) is 2. The summed E-state index contributed by atoms with van der Waals surface area (Å²) < 4.78 is 20.7. The van der Waals surface area contributed by atoms with Crippen LogP contribution in [0.3, 0.4) is 0 Å². The second-order valence-corrected chi connectivity index (χ2v) is 7.48. The number of nitrogens with zero attached hydrogens (tertiary/aromatic N) is 2. The third-order valence-electron chi connectivity index (χ3n) is 5.22. The highest BCUT2D eigenvalue weighted by Gasteiger charge is 2.20. The molecule has 8 nitrogen and oxygen atoms in total. The molecule has 0 spiro atoms. The van der Waals surface area contributed by atoms with Gasteiger partial charge in [-0.25, -0.2) is 9.18 Å². The van der Waals surface area contributed by atoms with Crippen molar-refractivity contribution in [2.24, 2.45) is 0 Å². The van der Waals surface area contributed by atoms with Crippen LogP contribution >= 0.6 is 0 Å². The molecule has 0 aliphatic carbocycles. The van der Waals surface area contributed by atoms with Crippen molar-refractivity contribution in [3.63, 3.8) is 0 Å².